The molecule has 2 aromatic rings. The number of halogens is 1. The van der Waals surface area contributed by atoms with Crippen molar-refractivity contribution in [2.45, 2.75) is 31.9 Å². The normalized spacial score (nSPS) is 20.4. The molecule has 0 saturated carbocycles. The first-order valence-corrected chi connectivity index (χ1v) is 7.05. The fourth-order valence-electron chi connectivity index (χ4n) is 2.51. The van der Waals surface area contributed by atoms with Gasteiger partial charge in [-0.25, -0.2) is 4.68 Å². The summed E-state index contributed by atoms with van der Waals surface area (Å²) in [5.41, 5.74) is 2.42. The van der Waals surface area contributed by atoms with Gasteiger partial charge in [-0.15, -0.1) is 11.6 Å². The summed E-state index contributed by atoms with van der Waals surface area (Å²) in [4.78, 5) is 0. The highest BCUT2D eigenvalue weighted by molar-refractivity contribution is 6.18. The number of hydrogen-bond acceptors (Lipinski definition) is 2. The molecule has 18 heavy (non-hydrogen) atoms. The number of aryl methyl sites for hydroxylation is 1. The largest absolute Gasteiger partial charge is 0.356 e. The average Bonchev–Trinajstić information content (AvgIpc) is 2.83. The maximum atomic E-state index is 5.79. The number of benzene rings is 1. The zero-order valence-corrected chi connectivity index (χ0v) is 11.1. The third-order valence-electron chi connectivity index (χ3n) is 3.47. The van der Waals surface area contributed by atoms with Crippen LogP contribution in [0.3, 0.4) is 0 Å². The van der Waals surface area contributed by atoms with Crippen molar-refractivity contribution < 1.29 is 4.74 Å². The number of rotatable bonds is 3. The fourth-order valence-corrected chi connectivity index (χ4v) is 2.73. The van der Waals surface area contributed by atoms with Gasteiger partial charge in [-0.1, -0.05) is 6.07 Å². The van der Waals surface area contributed by atoms with E-state index in [4.69, 9.17) is 16.3 Å². The summed E-state index contributed by atoms with van der Waals surface area (Å²) in [6.07, 6.45) is 6.37. The van der Waals surface area contributed by atoms with Crippen molar-refractivity contribution in [3.63, 3.8) is 0 Å². The molecule has 1 aromatic carbocycles. The molecule has 1 fully saturated rings. The average molecular weight is 265 g/mol. The Hall–Kier alpha value is -1.06. The molecule has 0 N–H and O–H groups in total. The van der Waals surface area contributed by atoms with Crippen LogP contribution in [0.25, 0.3) is 10.9 Å². The second-order valence-electron chi connectivity index (χ2n) is 4.74. The van der Waals surface area contributed by atoms with Crippen LogP contribution in [0.2, 0.25) is 0 Å². The Morgan fingerprint density at radius 2 is 2.33 bits per heavy atom. The van der Waals surface area contributed by atoms with Crippen LogP contribution in [-0.2, 0) is 11.2 Å². The van der Waals surface area contributed by atoms with Gasteiger partial charge < -0.3 is 4.74 Å². The summed E-state index contributed by atoms with van der Waals surface area (Å²) >= 11 is 5.77. The number of alkyl halides is 1. The first-order chi connectivity index (χ1) is 8.88. The third-order valence-corrected chi connectivity index (χ3v) is 3.66. The van der Waals surface area contributed by atoms with E-state index in [1.165, 1.54) is 17.4 Å². The number of aromatic nitrogens is 2. The Labute approximate surface area is 112 Å². The molecule has 1 aliphatic rings. The molecule has 4 heteroatoms. The van der Waals surface area contributed by atoms with Gasteiger partial charge in [0, 0.05) is 17.9 Å². The number of nitrogens with zero attached hydrogens (tertiary/aromatic N) is 2. The lowest BCUT2D eigenvalue weighted by molar-refractivity contribution is -0.0366. The minimum Gasteiger partial charge on any atom is -0.356 e. The van der Waals surface area contributed by atoms with E-state index in [1.807, 2.05) is 10.9 Å². The Bertz CT molecular complexity index is 532. The van der Waals surface area contributed by atoms with E-state index in [0.717, 1.165) is 31.4 Å². The molecule has 0 bridgehead atoms. The van der Waals surface area contributed by atoms with Crippen molar-refractivity contribution in [1.82, 2.24) is 9.78 Å². The highest BCUT2D eigenvalue weighted by Crippen LogP contribution is 2.26. The lowest BCUT2D eigenvalue weighted by atomic mass is 10.1. The molecule has 0 aliphatic carbocycles. The van der Waals surface area contributed by atoms with Crippen molar-refractivity contribution in [3.05, 3.63) is 30.0 Å². The molecule has 3 rings (SSSR count). The SMILES string of the molecule is ClCCc1ccc2c(cnn2C2CCCCO2)c1. The minimum absolute atomic E-state index is 0.107. The van der Waals surface area contributed by atoms with Gasteiger partial charge in [-0.3, -0.25) is 0 Å². The Kier molecular flexibility index (Phi) is 3.52. The van der Waals surface area contributed by atoms with Gasteiger partial charge in [-0.2, -0.15) is 5.10 Å². The molecule has 0 amide bonds. The van der Waals surface area contributed by atoms with Gasteiger partial charge in [0.15, 0.2) is 6.23 Å². The number of ether oxygens (including phenoxy) is 1. The van der Waals surface area contributed by atoms with Crippen LogP contribution in [0, 0.1) is 0 Å². The standard InChI is InChI=1S/C14H17ClN2O/c15-7-6-11-4-5-13-12(9-11)10-16-17(13)14-3-1-2-8-18-14/h4-5,9-10,14H,1-3,6-8H2. The van der Waals surface area contributed by atoms with Crippen LogP contribution in [0.15, 0.2) is 24.4 Å². The fraction of sp³-hybridized carbons (Fsp3) is 0.500. The lowest BCUT2D eigenvalue weighted by Crippen LogP contribution is -2.18. The van der Waals surface area contributed by atoms with Crippen LogP contribution >= 0.6 is 11.6 Å². The first kappa shape index (κ1) is 12.0. The van der Waals surface area contributed by atoms with Gasteiger partial charge in [0.2, 0.25) is 0 Å². The summed E-state index contributed by atoms with van der Waals surface area (Å²) in [7, 11) is 0. The van der Waals surface area contributed by atoms with E-state index in [2.05, 4.69) is 23.3 Å². The molecule has 2 heterocycles. The maximum absolute atomic E-state index is 5.79. The van der Waals surface area contributed by atoms with Gasteiger partial charge >= 0.3 is 0 Å². The zero-order valence-electron chi connectivity index (χ0n) is 10.3. The molecule has 0 radical (unpaired) electrons. The van der Waals surface area contributed by atoms with E-state index in [0.29, 0.717) is 5.88 Å². The van der Waals surface area contributed by atoms with E-state index in [-0.39, 0.29) is 6.23 Å². The van der Waals surface area contributed by atoms with Crippen molar-refractivity contribution in [2.75, 3.05) is 12.5 Å². The summed E-state index contributed by atoms with van der Waals surface area (Å²) in [6, 6.07) is 6.43. The molecule has 3 nitrogen and oxygen atoms in total. The van der Waals surface area contributed by atoms with E-state index < -0.39 is 0 Å². The second kappa shape index (κ2) is 5.29. The first-order valence-electron chi connectivity index (χ1n) is 6.52. The highest BCUT2D eigenvalue weighted by atomic mass is 35.5. The predicted octanol–water partition coefficient (Wildman–Crippen LogP) is 3.52. The molecule has 96 valence electrons. The van der Waals surface area contributed by atoms with Gasteiger partial charge in [-0.05, 0) is 43.4 Å². The van der Waals surface area contributed by atoms with Gasteiger partial charge in [0.05, 0.1) is 11.7 Å². The molecule has 1 unspecified atom stereocenters. The molecule has 0 spiro atoms. The molecular weight excluding hydrogens is 248 g/mol. The lowest BCUT2D eigenvalue weighted by Gasteiger charge is -2.23. The monoisotopic (exact) mass is 264 g/mol. The van der Waals surface area contributed by atoms with Crippen molar-refractivity contribution in [3.8, 4) is 0 Å². The molecule has 1 atom stereocenters. The molecule has 1 saturated heterocycles. The Morgan fingerprint density at radius 3 is 3.11 bits per heavy atom. The van der Waals surface area contributed by atoms with Crippen LogP contribution < -0.4 is 0 Å². The van der Waals surface area contributed by atoms with Crippen molar-refractivity contribution in [1.29, 1.82) is 0 Å². The number of hydrogen-bond donors (Lipinski definition) is 0. The third kappa shape index (κ3) is 2.25. The van der Waals surface area contributed by atoms with Crippen LogP contribution in [0.4, 0.5) is 0 Å². The summed E-state index contributed by atoms with van der Waals surface area (Å²) in [5, 5.41) is 5.65. The van der Waals surface area contributed by atoms with Crippen molar-refractivity contribution in [2.24, 2.45) is 0 Å². The topological polar surface area (TPSA) is 27.1 Å². The van der Waals surface area contributed by atoms with Gasteiger partial charge in [0.1, 0.15) is 0 Å². The highest BCUT2D eigenvalue weighted by Gasteiger charge is 2.18. The van der Waals surface area contributed by atoms with Gasteiger partial charge in [0.25, 0.3) is 0 Å². The minimum atomic E-state index is 0.107. The summed E-state index contributed by atoms with van der Waals surface area (Å²) < 4.78 is 7.80. The van der Waals surface area contributed by atoms with E-state index in [9.17, 15) is 0 Å². The Morgan fingerprint density at radius 1 is 1.39 bits per heavy atom. The maximum Gasteiger partial charge on any atom is 0.150 e. The number of fused-ring (bicyclic) bond motifs is 1. The smallest absolute Gasteiger partial charge is 0.150 e. The quantitative estimate of drug-likeness (QED) is 0.793. The molecular formula is C14H17ClN2O. The van der Waals surface area contributed by atoms with Crippen LogP contribution in [0.1, 0.15) is 31.1 Å². The van der Waals surface area contributed by atoms with Crippen LogP contribution in [-0.4, -0.2) is 22.3 Å². The van der Waals surface area contributed by atoms with Crippen LogP contribution in [0.5, 0.6) is 0 Å². The molecule has 1 aromatic heterocycles. The second-order valence-corrected chi connectivity index (χ2v) is 5.12. The zero-order chi connectivity index (χ0) is 12.4. The predicted molar refractivity (Wildman–Crippen MR) is 73.0 cm³/mol. The van der Waals surface area contributed by atoms with E-state index >= 15 is 0 Å². The van der Waals surface area contributed by atoms with Crippen molar-refractivity contribution >= 4 is 22.5 Å². The summed E-state index contributed by atoms with van der Waals surface area (Å²) in [6.45, 7) is 0.844. The van der Waals surface area contributed by atoms with E-state index in [1.54, 1.807) is 0 Å². The Balaban J connectivity index is 1.93. The molecule has 1 aliphatic heterocycles. The summed E-state index contributed by atoms with van der Waals surface area (Å²) in [5.74, 6) is 0.658.